The molecular formula is C14H21N3OS2. The minimum Gasteiger partial charge on any atom is -0.339 e. The number of hydrogen-bond acceptors (Lipinski definition) is 6. The highest BCUT2D eigenvalue weighted by Gasteiger charge is 2.49. The van der Waals surface area contributed by atoms with Gasteiger partial charge in [0.1, 0.15) is 0 Å². The van der Waals surface area contributed by atoms with E-state index in [4.69, 9.17) is 15.2 Å². The lowest BCUT2D eigenvalue weighted by atomic mass is 9.85. The third-order valence-corrected chi connectivity index (χ3v) is 8.25. The summed E-state index contributed by atoms with van der Waals surface area (Å²) in [6, 6.07) is 0.229. The Labute approximate surface area is 128 Å². The van der Waals surface area contributed by atoms with Crippen molar-refractivity contribution in [2.45, 2.75) is 48.6 Å². The summed E-state index contributed by atoms with van der Waals surface area (Å²) in [6.45, 7) is 2.26. The highest BCUT2D eigenvalue weighted by Crippen LogP contribution is 2.52. The van der Waals surface area contributed by atoms with Gasteiger partial charge in [0.25, 0.3) is 0 Å². The minimum absolute atomic E-state index is 0.229. The molecule has 20 heavy (non-hydrogen) atoms. The van der Waals surface area contributed by atoms with Crippen LogP contribution in [0.4, 0.5) is 0 Å². The molecule has 6 unspecified atom stereocenters. The van der Waals surface area contributed by atoms with Crippen molar-refractivity contribution in [1.82, 2.24) is 10.1 Å². The minimum atomic E-state index is 0.229. The lowest BCUT2D eigenvalue weighted by Gasteiger charge is -2.25. The molecule has 0 aromatic carbocycles. The maximum atomic E-state index is 6.37. The van der Waals surface area contributed by atoms with Crippen LogP contribution in [-0.4, -0.2) is 32.9 Å². The third-order valence-electron chi connectivity index (χ3n) is 5.17. The van der Waals surface area contributed by atoms with Crippen LogP contribution >= 0.6 is 23.5 Å². The lowest BCUT2D eigenvalue weighted by Crippen LogP contribution is -2.34. The zero-order chi connectivity index (χ0) is 13.7. The molecule has 1 aromatic rings. The average Bonchev–Trinajstić information content (AvgIpc) is 3.14. The molecule has 0 radical (unpaired) electrons. The van der Waals surface area contributed by atoms with E-state index < -0.39 is 0 Å². The normalized spacial score (nSPS) is 44.1. The fourth-order valence-electron chi connectivity index (χ4n) is 4.12. The predicted molar refractivity (Wildman–Crippen MR) is 83.0 cm³/mol. The Balaban J connectivity index is 1.56. The van der Waals surface area contributed by atoms with Crippen molar-refractivity contribution in [2.75, 3.05) is 11.5 Å². The molecule has 1 aliphatic heterocycles. The van der Waals surface area contributed by atoms with E-state index in [1.165, 1.54) is 30.8 Å². The zero-order valence-corrected chi connectivity index (χ0v) is 13.3. The molecule has 2 heterocycles. The Hall–Kier alpha value is -0.200. The smallest absolute Gasteiger partial charge is 0.231 e. The van der Waals surface area contributed by atoms with Crippen LogP contribution in [-0.2, 0) is 0 Å². The quantitative estimate of drug-likeness (QED) is 0.906. The summed E-state index contributed by atoms with van der Waals surface area (Å²) in [5.41, 5.74) is 6.37. The van der Waals surface area contributed by atoms with Crippen molar-refractivity contribution < 1.29 is 4.52 Å². The molecule has 1 aromatic heterocycles. The Morgan fingerprint density at radius 1 is 1.20 bits per heavy atom. The van der Waals surface area contributed by atoms with Gasteiger partial charge in [0.2, 0.25) is 5.89 Å². The van der Waals surface area contributed by atoms with E-state index in [2.05, 4.69) is 12.1 Å². The Morgan fingerprint density at radius 3 is 2.75 bits per heavy atom. The molecule has 2 N–H and O–H groups in total. The third kappa shape index (κ3) is 2.11. The van der Waals surface area contributed by atoms with Gasteiger partial charge >= 0.3 is 0 Å². The molecule has 4 nitrogen and oxygen atoms in total. The van der Waals surface area contributed by atoms with Crippen LogP contribution in [0.25, 0.3) is 0 Å². The Bertz CT molecular complexity index is 493. The topological polar surface area (TPSA) is 64.9 Å². The maximum Gasteiger partial charge on any atom is 0.231 e. The fourth-order valence-corrected chi connectivity index (χ4v) is 6.80. The largest absolute Gasteiger partial charge is 0.339 e. The van der Waals surface area contributed by atoms with E-state index in [1.54, 1.807) is 0 Å². The highest BCUT2D eigenvalue weighted by atomic mass is 32.2. The van der Waals surface area contributed by atoms with Crippen molar-refractivity contribution in [2.24, 2.45) is 17.6 Å². The summed E-state index contributed by atoms with van der Waals surface area (Å²) in [5, 5.41) is 5.22. The molecule has 2 aliphatic carbocycles. The summed E-state index contributed by atoms with van der Waals surface area (Å²) in [6.07, 6.45) is 3.83. The van der Waals surface area contributed by atoms with Gasteiger partial charge in [-0.3, -0.25) is 0 Å². The van der Waals surface area contributed by atoms with Gasteiger partial charge in [0, 0.05) is 22.8 Å². The number of fused-ring (bicyclic) bond motifs is 2. The first-order valence-electron chi connectivity index (χ1n) is 7.56. The first-order valence-corrected chi connectivity index (χ1v) is 9.66. The second kappa shape index (κ2) is 5.21. The molecular weight excluding hydrogens is 290 g/mol. The van der Waals surface area contributed by atoms with Gasteiger partial charge < -0.3 is 10.3 Å². The molecule has 3 aliphatic rings. The van der Waals surface area contributed by atoms with E-state index >= 15 is 0 Å². The van der Waals surface area contributed by atoms with Gasteiger partial charge in [-0.05, 0) is 31.1 Å². The summed E-state index contributed by atoms with van der Waals surface area (Å²) < 4.78 is 5.61. The number of nitrogens with two attached hydrogens (primary N) is 1. The number of rotatable bonds is 2. The first-order chi connectivity index (χ1) is 9.74. The second-order valence-corrected chi connectivity index (χ2v) is 9.03. The van der Waals surface area contributed by atoms with Crippen molar-refractivity contribution >= 4 is 23.5 Å². The van der Waals surface area contributed by atoms with Crippen LogP contribution in [0, 0.1) is 11.8 Å². The number of hydrogen-bond donors (Lipinski definition) is 1. The summed E-state index contributed by atoms with van der Waals surface area (Å²) in [4.78, 5) is 4.74. The monoisotopic (exact) mass is 311 g/mol. The van der Waals surface area contributed by atoms with Gasteiger partial charge in [-0.25, -0.2) is 0 Å². The highest BCUT2D eigenvalue weighted by molar-refractivity contribution is 8.06. The van der Waals surface area contributed by atoms with Crippen molar-refractivity contribution in [3.8, 4) is 0 Å². The van der Waals surface area contributed by atoms with Crippen LogP contribution in [0.2, 0.25) is 0 Å². The fraction of sp³-hybridized carbons (Fsp3) is 0.857. The van der Waals surface area contributed by atoms with Gasteiger partial charge in [-0.1, -0.05) is 12.1 Å². The van der Waals surface area contributed by atoms with E-state index in [0.29, 0.717) is 28.3 Å². The van der Waals surface area contributed by atoms with Crippen molar-refractivity contribution in [3.05, 3.63) is 11.7 Å². The van der Waals surface area contributed by atoms with Gasteiger partial charge in [0.05, 0.1) is 11.2 Å². The molecule has 6 atom stereocenters. The summed E-state index contributed by atoms with van der Waals surface area (Å²) >= 11 is 3.97. The van der Waals surface area contributed by atoms with Gasteiger partial charge in [-0.2, -0.15) is 16.7 Å². The number of aromatic nitrogens is 2. The second-order valence-electron chi connectivity index (χ2n) is 6.29. The van der Waals surface area contributed by atoms with Crippen LogP contribution in [0.3, 0.4) is 0 Å². The molecule has 2 saturated carbocycles. The summed E-state index contributed by atoms with van der Waals surface area (Å²) in [5.74, 6) is 5.77. The van der Waals surface area contributed by atoms with E-state index in [9.17, 15) is 0 Å². The van der Waals surface area contributed by atoms with Crippen molar-refractivity contribution in [3.63, 3.8) is 0 Å². The average molecular weight is 311 g/mol. The van der Waals surface area contributed by atoms with Crippen LogP contribution in [0.5, 0.6) is 0 Å². The van der Waals surface area contributed by atoms with Crippen LogP contribution in [0.15, 0.2) is 4.52 Å². The van der Waals surface area contributed by atoms with Crippen LogP contribution in [0.1, 0.15) is 49.1 Å². The lowest BCUT2D eigenvalue weighted by molar-refractivity contribution is 0.278. The van der Waals surface area contributed by atoms with Crippen LogP contribution < -0.4 is 5.73 Å². The molecule has 0 amide bonds. The maximum absolute atomic E-state index is 6.37. The Morgan fingerprint density at radius 2 is 2.00 bits per heavy atom. The summed E-state index contributed by atoms with van der Waals surface area (Å²) in [7, 11) is 0. The zero-order valence-electron chi connectivity index (χ0n) is 11.7. The van der Waals surface area contributed by atoms with Gasteiger partial charge in [-0.15, -0.1) is 11.8 Å². The van der Waals surface area contributed by atoms with Gasteiger partial charge in [0.15, 0.2) is 5.82 Å². The number of nitrogens with zero attached hydrogens (tertiary/aromatic N) is 2. The molecule has 4 rings (SSSR count). The van der Waals surface area contributed by atoms with E-state index in [0.717, 1.165) is 11.7 Å². The molecule has 2 bridgehead atoms. The first kappa shape index (κ1) is 13.5. The van der Waals surface area contributed by atoms with E-state index in [-0.39, 0.29) is 6.04 Å². The standard InChI is InChI=1S/C14H21N3OS2/c1-7-12(20-5-4-19-7)13-16-14(18-17-13)10-8-2-3-9(6-8)11(10)15/h7-12H,2-6,15H2,1H3. The molecule has 1 saturated heterocycles. The van der Waals surface area contributed by atoms with E-state index in [1.807, 2.05) is 23.5 Å². The number of thioether (sulfide) groups is 2. The molecule has 3 fully saturated rings. The Kier molecular flexibility index (Phi) is 3.51. The van der Waals surface area contributed by atoms with Crippen molar-refractivity contribution in [1.29, 1.82) is 0 Å². The molecule has 6 heteroatoms. The SMILES string of the molecule is CC1SCCSC1c1noc(C2C3CCC(C3)C2N)n1. The molecule has 0 spiro atoms. The molecule has 110 valence electrons. The predicted octanol–water partition coefficient (Wildman–Crippen LogP) is 2.82.